The molecule has 0 radical (unpaired) electrons. The summed E-state index contributed by atoms with van der Waals surface area (Å²) < 4.78 is 2.40. The van der Waals surface area contributed by atoms with Crippen LogP contribution < -0.4 is 0 Å². The lowest BCUT2D eigenvalue weighted by Crippen LogP contribution is -1.94. The van der Waals surface area contributed by atoms with Gasteiger partial charge in [0.25, 0.3) is 0 Å². The van der Waals surface area contributed by atoms with E-state index in [4.69, 9.17) is 0 Å². The van der Waals surface area contributed by atoms with Crippen LogP contribution in [0.3, 0.4) is 0 Å². The quantitative estimate of drug-likeness (QED) is 0.158. The van der Waals surface area contributed by atoms with Crippen LogP contribution in [-0.2, 0) is 0 Å². The molecule has 0 aliphatic rings. The lowest BCUT2D eigenvalue weighted by molar-refractivity contribution is 1.18. The van der Waals surface area contributed by atoms with E-state index in [9.17, 15) is 0 Å². The molecule has 1 heteroatoms. The van der Waals surface area contributed by atoms with E-state index in [-0.39, 0.29) is 0 Å². The zero-order chi connectivity index (χ0) is 36.3. The summed E-state index contributed by atoms with van der Waals surface area (Å²) in [5.41, 5.74) is 13.2. The fourth-order valence-corrected chi connectivity index (χ4v) is 8.75. The Bertz CT molecular complexity index is 3170. The number of hydrogen-bond acceptors (Lipinski definition) is 0. The van der Waals surface area contributed by atoms with Gasteiger partial charge >= 0.3 is 0 Å². The zero-order valence-corrected chi connectivity index (χ0v) is 30.2. The van der Waals surface area contributed by atoms with Crippen molar-refractivity contribution in [2.75, 3.05) is 0 Å². The van der Waals surface area contributed by atoms with E-state index in [0.29, 0.717) is 0 Å². The Morgan fingerprint density at radius 3 is 1.18 bits per heavy atom. The molecular weight excluding hydrogens is 663 g/mol. The van der Waals surface area contributed by atoms with Gasteiger partial charge in [-0.3, -0.25) is 0 Å². The average Bonchev–Trinajstić information content (AvgIpc) is 3.61. The summed E-state index contributed by atoms with van der Waals surface area (Å²) >= 11 is 0. The minimum Gasteiger partial charge on any atom is -0.309 e. The molecule has 0 aliphatic carbocycles. The molecule has 0 spiro atoms. The van der Waals surface area contributed by atoms with E-state index < -0.39 is 0 Å². The molecule has 11 rings (SSSR count). The third kappa shape index (κ3) is 5.24. The van der Waals surface area contributed by atoms with Gasteiger partial charge in [-0.2, -0.15) is 0 Å². The zero-order valence-electron chi connectivity index (χ0n) is 30.2. The first-order valence-electron chi connectivity index (χ1n) is 19.0. The molecule has 0 N–H and O–H groups in total. The molecule has 1 heterocycles. The van der Waals surface area contributed by atoms with Gasteiger partial charge < -0.3 is 4.57 Å². The highest BCUT2D eigenvalue weighted by atomic mass is 15.0. The molecule has 0 aliphatic heterocycles. The van der Waals surface area contributed by atoms with Crippen LogP contribution in [0, 0.1) is 0 Å². The Morgan fingerprint density at radius 1 is 0.200 bits per heavy atom. The van der Waals surface area contributed by atoms with Gasteiger partial charge in [-0.25, -0.2) is 0 Å². The second-order valence-electron chi connectivity index (χ2n) is 14.5. The van der Waals surface area contributed by atoms with Crippen LogP contribution in [0.5, 0.6) is 0 Å². The molecular formula is C54H35N. The predicted octanol–water partition coefficient (Wildman–Crippen LogP) is 14.9. The normalized spacial score (nSPS) is 11.6. The van der Waals surface area contributed by atoms with Crippen molar-refractivity contribution in [3.63, 3.8) is 0 Å². The van der Waals surface area contributed by atoms with Crippen molar-refractivity contribution in [2.45, 2.75) is 0 Å². The van der Waals surface area contributed by atoms with Crippen molar-refractivity contribution in [2.24, 2.45) is 0 Å². The highest BCUT2D eigenvalue weighted by Crippen LogP contribution is 2.40. The molecule has 0 saturated carbocycles. The van der Waals surface area contributed by atoms with Crippen molar-refractivity contribution in [1.82, 2.24) is 4.57 Å². The van der Waals surface area contributed by atoms with Gasteiger partial charge in [-0.1, -0.05) is 158 Å². The summed E-state index contributed by atoms with van der Waals surface area (Å²) in [7, 11) is 0. The number of fused-ring (bicyclic) bond motifs is 9. The number of para-hydroxylation sites is 2. The van der Waals surface area contributed by atoms with Crippen LogP contribution in [0.1, 0.15) is 0 Å². The molecule has 0 saturated heterocycles. The highest BCUT2D eigenvalue weighted by molar-refractivity contribution is 6.25. The second-order valence-corrected chi connectivity index (χ2v) is 14.5. The van der Waals surface area contributed by atoms with Gasteiger partial charge in [0.15, 0.2) is 0 Å². The minimum absolute atomic E-state index is 1.15. The third-order valence-corrected chi connectivity index (χ3v) is 11.3. The van der Waals surface area contributed by atoms with E-state index in [1.54, 1.807) is 0 Å². The lowest BCUT2D eigenvalue weighted by Gasteiger charge is -2.15. The Balaban J connectivity index is 1.06. The molecule has 0 atom stereocenters. The topological polar surface area (TPSA) is 4.93 Å². The van der Waals surface area contributed by atoms with Crippen molar-refractivity contribution in [1.29, 1.82) is 0 Å². The molecule has 0 fully saturated rings. The Kier molecular flexibility index (Phi) is 7.25. The molecule has 256 valence electrons. The maximum Gasteiger partial charge on any atom is 0.0541 e. The van der Waals surface area contributed by atoms with Crippen molar-refractivity contribution < 1.29 is 0 Å². The molecule has 11 aromatic rings. The van der Waals surface area contributed by atoms with Crippen LogP contribution in [0.4, 0.5) is 0 Å². The number of benzene rings is 10. The number of nitrogens with zero attached hydrogens (tertiary/aromatic N) is 1. The van der Waals surface area contributed by atoms with Crippen LogP contribution in [0.2, 0.25) is 0 Å². The fraction of sp³-hybridized carbons (Fsp3) is 0. The summed E-state index contributed by atoms with van der Waals surface area (Å²) in [6, 6.07) is 77.8. The first-order valence-corrected chi connectivity index (χ1v) is 19.0. The summed E-state index contributed by atoms with van der Waals surface area (Å²) in [5, 5.41) is 10.3. The van der Waals surface area contributed by atoms with Crippen LogP contribution in [0.25, 0.3) is 104 Å². The summed E-state index contributed by atoms with van der Waals surface area (Å²) in [5.74, 6) is 0. The molecule has 0 bridgehead atoms. The summed E-state index contributed by atoms with van der Waals surface area (Å²) in [4.78, 5) is 0. The van der Waals surface area contributed by atoms with Crippen LogP contribution in [0.15, 0.2) is 212 Å². The van der Waals surface area contributed by atoms with Gasteiger partial charge in [0.05, 0.1) is 11.0 Å². The van der Waals surface area contributed by atoms with Gasteiger partial charge in [-0.05, 0) is 131 Å². The fourth-order valence-electron chi connectivity index (χ4n) is 8.75. The molecule has 1 nitrogen and oxygen atoms in total. The van der Waals surface area contributed by atoms with E-state index >= 15 is 0 Å². The third-order valence-electron chi connectivity index (χ3n) is 11.3. The first kappa shape index (κ1) is 31.3. The van der Waals surface area contributed by atoms with E-state index in [1.807, 2.05) is 0 Å². The van der Waals surface area contributed by atoms with Crippen molar-refractivity contribution in [3.05, 3.63) is 212 Å². The SMILES string of the molecule is c1ccc(-c2cc(-c3cccc(-c4ccc5c6ccccc6c6ccccc6c5c4)c3)cc(-c3cccc(-n4c5ccccc5c5ccccc54)c3)c2)cc1. The smallest absolute Gasteiger partial charge is 0.0541 e. The largest absolute Gasteiger partial charge is 0.309 e. The number of rotatable bonds is 5. The highest BCUT2D eigenvalue weighted by Gasteiger charge is 2.15. The Labute approximate surface area is 320 Å². The van der Waals surface area contributed by atoms with E-state index in [1.165, 1.54) is 98.6 Å². The molecule has 10 aromatic carbocycles. The summed E-state index contributed by atoms with van der Waals surface area (Å²) in [6.45, 7) is 0. The lowest BCUT2D eigenvalue weighted by atomic mass is 9.90. The molecule has 0 amide bonds. The Hall–Kier alpha value is -7.22. The average molecular weight is 698 g/mol. The van der Waals surface area contributed by atoms with Gasteiger partial charge in [0, 0.05) is 16.5 Å². The van der Waals surface area contributed by atoms with Crippen molar-refractivity contribution in [3.8, 4) is 50.2 Å². The van der Waals surface area contributed by atoms with Gasteiger partial charge in [-0.15, -0.1) is 0 Å². The number of aromatic nitrogens is 1. The summed E-state index contributed by atoms with van der Waals surface area (Å²) in [6.07, 6.45) is 0. The minimum atomic E-state index is 1.15. The monoisotopic (exact) mass is 697 g/mol. The maximum absolute atomic E-state index is 2.40. The van der Waals surface area contributed by atoms with E-state index in [0.717, 1.165) is 5.69 Å². The maximum atomic E-state index is 2.40. The number of hydrogen-bond donors (Lipinski definition) is 0. The first-order chi connectivity index (χ1) is 27.3. The second kappa shape index (κ2) is 12.7. The predicted molar refractivity (Wildman–Crippen MR) is 235 cm³/mol. The standard InChI is InChI=1S/C54H35N/c1-2-14-36(15-3-1)41-31-42(33-43(32-41)39-18-13-19-44(34-39)55-53-26-10-8-24-50(53)51-25-9-11-27-54(51)55)38-17-12-16-37(30-38)40-28-29-49-47-22-5-4-20-45(47)46-21-6-7-23-48(46)52(49)35-40/h1-35H. The van der Waals surface area contributed by atoms with E-state index in [2.05, 4.69) is 217 Å². The molecule has 0 unspecified atom stereocenters. The van der Waals surface area contributed by atoms with Gasteiger partial charge in [0.2, 0.25) is 0 Å². The van der Waals surface area contributed by atoms with Crippen molar-refractivity contribution >= 4 is 54.1 Å². The van der Waals surface area contributed by atoms with Gasteiger partial charge in [0.1, 0.15) is 0 Å². The molecule has 1 aromatic heterocycles. The van der Waals surface area contributed by atoms with Crippen LogP contribution in [-0.4, -0.2) is 4.57 Å². The molecule has 55 heavy (non-hydrogen) atoms. The van der Waals surface area contributed by atoms with Crippen LogP contribution >= 0.6 is 0 Å². The Morgan fingerprint density at radius 2 is 0.582 bits per heavy atom.